The molecule has 0 aliphatic carbocycles. The highest BCUT2D eigenvalue weighted by Gasteiger charge is 2.34. The molecule has 7 nitrogen and oxygen atoms in total. The minimum absolute atomic E-state index is 0.0179. The molecule has 4 aromatic carbocycles. The Kier molecular flexibility index (Phi) is 7.46. The number of carbonyl (C=O) groups excluding carboxylic acids is 1. The van der Waals surface area contributed by atoms with Crippen molar-refractivity contribution >= 4 is 78.4 Å². The summed E-state index contributed by atoms with van der Waals surface area (Å²) in [4.78, 5) is 25.9. The number of amides is 1. The Balaban J connectivity index is 1.39. The number of thioether (sulfide) groups is 1. The summed E-state index contributed by atoms with van der Waals surface area (Å²) in [5.41, 5.74) is 2.27. The molecule has 0 saturated carbocycles. The van der Waals surface area contributed by atoms with Crippen molar-refractivity contribution in [1.82, 2.24) is 0 Å². The maximum atomic E-state index is 13.5. The van der Waals surface area contributed by atoms with Crippen LogP contribution in [0.4, 0.5) is 11.4 Å². The first-order chi connectivity index (χ1) is 18.4. The summed E-state index contributed by atoms with van der Waals surface area (Å²) < 4.78 is 12.6. The van der Waals surface area contributed by atoms with Crippen molar-refractivity contribution in [2.24, 2.45) is 0 Å². The van der Waals surface area contributed by atoms with E-state index in [0.717, 1.165) is 27.6 Å². The number of rotatable bonds is 7. The van der Waals surface area contributed by atoms with Gasteiger partial charge in [-0.1, -0.05) is 76.3 Å². The molecule has 0 atom stereocenters. The van der Waals surface area contributed by atoms with E-state index in [1.54, 1.807) is 35.2 Å². The van der Waals surface area contributed by atoms with Crippen molar-refractivity contribution in [3.63, 3.8) is 0 Å². The predicted octanol–water partition coefficient (Wildman–Crippen LogP) is 7.50. The van der Waals surface area contributed by atoms with Gasteiger partial charge in [0.25, 0.3) is 11.6 Å². The number of nitro groups is 1. The molecule has 5 rings (SSSR count). The van der Waals surface area contributed by atoms with Crippen molar-refractivity contribution in [1.29, 1.82) is 0 Å². The van der Waals surface area contributed by atoms with Crippen molar-refractivity contribution < 1.29 is 19.2 Å². The van der Waals surface area contributed by atoms with E-state index in [9.17, 15) is 14.9 Å². The van der Waals surface area contributed by atoms with Gasteiger partial charge in [0.2, 0.25) is 0 Å². The Labute approximate surface area is 236 Å². The van der Waals surface area contributed by atoms with Crippen LogP contribution in [0.15, 0.2) is 88.2 Å². The largest absolute Gasteiger partial charge is 0.493 e. The van der Waals surface area contributed by atoms with Gasteiger partial charge in [-0.15, -0.1) is 0 Å². The summed E-state index contributed by atoms with van der Waals surface area (Å²) in [5, 5.41) is 12.8. The highest BCUT2D eigenvalue weighted by molar-refractivity contribution is 9.10. The van der Waals surface area contributed by atoms with E-state index in [-0.39, 0.29) is 18.2 Å². The third-order valence-corrected chi connectivity index (χ3v) is 7.90. The molecular weight excluding hydrogens is 588 g/mol. The average Bonchev–Trinajstić information content (AvgIpc) is 3.20. The highest BCUT2D eigenvalue weighted by Crippen LogP contribution is 2.41. The molecule has 0 N–H and O–H groups in total. The van der Waals surface area contributed by atoms with Gasteiger partial charge in [0, 0.05) is 22.0 Å². The molecule has 0 unspecified atom stereocenters. The zero-order valence-corrected chi connectivity index (χ0v) is 23.1. The second kappa shape index (κ2) is 10.9. The van der Waals surface area contributed by atoms with Crippen LogP contribution in [0.3, 0.4) is 0 Å². The topological polar surface area (TPSA) is 81.9 Å². The minimum atomic E-state index is -0.445. The fourth-order valence-corrected chi connectivity index (χ4v) is 5.74. The Bertz CT molecular complexity index is 1620. The maximum absolute atomic E-state index is 13.5. The standard InChI is InChI=1S/C28H19BrN2O5S2/c1-35-24-13-19(22(29)15-25(24)36-16-17-9-11-20(12-10-17)31(33)34)14-26-27(32)30(28(37)38-26)23-8-4-6-18-5-2-3-7-21(18)23/h2-15H,16H2,1H3/b26-14-. The lowest BCUT2D eigenvalue weighted by Crippen LogP contribution is -2.27. The molecule has 1 saturated heterocycles. The second-order valence-electron chi connectivity index (χ2n) is 8.25. The van der Waals surface area contributed by atoms with E-state index < -0.39 is 4.92 Å². The van der Waals surface area contributed by atoms with Crippen LogP contribution in [0.25, 0.3) is 16.8 Å². The number of non-ortho nitro benzene ring substituents is 1. The van der Waals surface area contributed by atoms with Gasteiger partial charge in [-0.2, -0.15) is 0 Å². The van der Waals surface area contributed by atoms with Crippen LogP contribution in [0.2, 0.25) is 0 Å². The summed E-state index contributed by atoms with van der Waals surface area (Å²) >= 11 is 10.4. The van der Waals surface area contributed by atoms with Crippen LogP contribution in [0.1, 0.15) is 11.1 Å². The summed E-state index contributed by atoms with van der Waals surface area (Å²) in [7, 11) is 1.53. The van der Waals surface area contributed by atoms with Crippen LogP contribution >= 0.6 is 39.9 Å². The fraction of sp³-hybridized carbons (Fsp3) is 0.0714. The molecule has 1 aliphatic rings. The zero-order chi connectivity index (χ0) is 26.8. The van der Waals surface area contributed by atoms with Gasteiger partial charge >= 0.3 is 0 Å². The van der Waals surface area contributed by atoms with Crippen LogP contribution < -0.4 is 14.4 Å². The summed E-state index contributed by atoms with van der Waals surface area (Å²) in [6.07, 6.45) is 1.77. The second-order valence-corrected chi connectivity index (χ2v) is 10.8. The molecule has 0 aromatic heterocycles. The molecule has 1 heterocycles. The molecule has 0 spiro atoms. The van der Waals surface area contributed by atoms with E-state index in [1.165, 1.54) is 31.0 Å². The molecule has 1 amide bonds. The smallest absolute Gasteiger partial charge is 0.270 e. The predicted molar refractivity (Wildman–Crippen MR) is 158 cm³/mol. The van der Waals surface area contributed by atoms with Crippen molar-refractivity contribution in [2.45, 2.75) is 6.61 Å². The van der Waals surface area contributed by atoms with E-state index in [1.807, 2.05) is 42.5 Å². The van der Waals surface area contributed by atoms with Gasteiger partial charge in [-0.05, 0) is 52.9 Å². The van der Waals surface area contributed by atoms with Crippen molar-refractivity contribution in [3.05, 3.63) is 109 Å². The minimum Gasteiger partial charge on any atom is -0.493 e. The van der Waals surface area contributed by atoms with Gasteiger partial charge < -0.3 is 9.47 Å². The lowest BCUT2D eigenvalue weighted by Gasteiger charge is -2.17. The van der Waals surface area contributed by atoms with Crippen molar-refractivity contribution in [2.75, 3.05) is 12.0 Å². The highest BCUT2D eigenvalue weighted by atomic mass is 79.9. The summed E-state index contributed by atoms with van der Waals surface area (Å²) in [6.45, 7) is 0.198. The van der Waals surface area contributed by atoms with Gasteiger partial charge in [0.05, 0.1) is 22.6 Å². The number of methoxy groups -OCH3 is 1. The summed E-state index contributed by atoms with van der Waals surface area (Å²) in [5.74, 6) is 0.768. The first-order valence-corrected chi connectivity index (χ1v) is 13.4. The van der Waals surface area contributed by atoms with Gasteiger partial charge in [-0.3, -0.25) is 19.8 Å². The number of hydrogen-bond donors (Lipinski definition) is 0. The number of hydrogen-bond acceptors (Lipinski definition) is 7. The zero-order valence-electron chi connectivity index (χ0n) is 19.9. The number of thiocarbonyl (C=S) groups is 1. The molecular formula is C28H19BrN2O5S2. The molecule has 190 valence electrons. The lowest BCUT2D eigenvalue weighted by molar-refractivity contribution is -0.384. The number of halogens is 1. The molecule has 1 fully saturated rings. The molecule has 0 bridgehead atoms. The van der Waals surface area contributed by atoms with Crippen molar-refractivity contribution in [3.8, 4) is 11.5 Å². The third-order valence-electron chi connectivity index (χ3n) is 5.91. The number of nitro benzene ring substituents is 1. The fourth-order valence-electron chi connectivity index (χ4n) is 4.03. The van der Waals surface area contributed by atoms with E-state index in [0.29, 0.717) is 25.2 Å². The Morgan fingerprint density at radius 2 is 1.79 bits per heavy atom. The Hall–Kier alpha value is -3.73. The van der Waals surface area contributed by atoms with Gasteiger partial charge in [0.1, 0.15) is 6.61 Å². The first-order valence-electron chi connectivity index (χ1n) is 11.3. The molecule has 0 radical (unpaired) electrons. The number of carbonyl (C=O) groups is 1. The van der Waals surface area contributed by atoms with Gasteiger partial charge in [-0.25, -0.2) is 0 Å². The maximum Gasteiger partial charge on any atom is 0.270 e. The molecule has 38 heavy (non-hydrogen) atoms. The lowest BCUT2D eigenvalue weighted by atomic mass is 10.1. The summed E-state index contributed by atoms with van der Waals surface area (Å²) in [6, 6.07) is 23.4. The van der Waals surface area contributed by atoms with Crippen LogP contribution in [-0.4, -0.2) is 22.3 Å². The number of benzene rings is 4. The number of nitrogens with zero attached hydrogens (tertiary/aromatic N) is 2. The van der Waals surface area contributed by atoms with Crippen LogP contribution in [-0.2, 0) is 11.4 Å². The number of fused-ring (bicyclic) bond motifs is 1. The third kappa shape index (κ3) is 5.15. The van der Waals surface area contributed by atoms with E-state index >= 15 is 0 Å². The van der Waals surface area contributed by atoms with E-state index in [2.05, 4.69) is 15.9 Å². The Morgan fingerprint density at radius 3 is 2.53 bits per heavy atom. The molecule has 4 aromatic rings. The monoisotopic (exact) mass is 606 g/mol. The number of ether oxygens (including phenoxy) is 2. The van der Waals surface area contributed by atoms with E-state index in [4.69, 9.17) is 21.7 Å². The molecule has 1 aliphatic heterocycles. The number of anilines is 1. The first kappa shape index (κ1) is 25.9. The van der Waals surface area contributed by atoms with Crippen LogP contribution in [0.5, 0.6) is 11.5 Å². The Morgan fingerprint density at radius 1 is 1.05 bits per heavy atom. The normalized spacial score (nSPS) is 14.4. The van der Waals surface area contributed by atoms with Crippen LogP contribution in [0, 0.1) is 10.1 Å². The quantitative estimate of drug-likeness (QED) is 0.0931. The average molecular weight is 608 g/mol. The van der Waals surface area contributed by atoms with Gasteiger partial charge in [0.15, 0.2) is 15.8 Å². The molecule has 10 heteroatoms. The SMILES string of the molecule is COc1cc(/C=C2\SC(=S)N(c3cccc4ccccc34)C2=O)c(Br)cc1OCc1ccc([N+](=O)[O-])cc1.